The maximum atomic E-state index is 12.4. The number of aryl methyl sites for hydroxylation is 1. The lowest BCUT2D eigenvalue weighted by molar-refractivity contribution is -0.134. The lowest BCUT2D eigenvalue weighted by Gasteiger charge is -2.21. The highest BCUT2D eigenvalue weighted by Gasteiger charge is 2.37. The molecule has 2 rings (SSSR count). The fourth-order valence-electron chi connectivity index (χ4n) is 2.61. The van der Waals surface area contributed by atoms with Gasteiger partial charge in [0.15, 0.2) is 0 Å². The van der Waals surface area contributed by atoms with Crippen LogP contribution >= 0.6 is 0 Å². The van der Waals surface area contributed by atoms with Crippen molar-refractivity contribution in [1.82, 2.24) is 4.90 Å². The fraction of sp³-hybridized carbons (Fsp3) is 0.375. The van der Waals surface area contributed by atoms with E-state index in [9.17, 15) is 9.59 Å². The van der Waals surface area contributed by atoms with Crippen LogP contribution in [-0.4, -0.2) is 36.3 Å². The van der Waals surface area contributed by atoms with Crippen LogP contribution in [0.15, 0.2) is 24.3 Å². The van der Waals surface area contributed by atoms with Gasteiger partial charge >= 0.3 is 0 Å². The lowest BCUT2D eigenvalue weighted by Crippen LogP contribution is -2.38. The van der Waals surface area contributed by atoms with E-state index in [-0.39, 0.29) is 37.9 Å². The van der Waals surface area contributed by atoms with E-state index in [0.29, 0.717) is 0 Å². The first-order valence-corrected chi connectivity index (χ1v) is 6.97. The number of para-hydroxylation sites is 1. The molecule has 1 heterocycles. The van der Waals surface area contributed by atoms with E-state index in [4.69, 9.17) is 10.5 Å². The summed E-state index contributed by atoms with van der Waals surface area (Å²) in [4.78, 5) is 27.4. The van der Waals surface area contributed by atoms with Crippen molar-refractivity contribution in [3.8, 4) is 12.1 Å². The molecule has 1 aliphatic rings. The van der Waals surface area contributed by atoms with Gasteiger partial charge in [-0.3, -0.25) is 9.59 Å². The third kappa shape index (κ3) is 3.07. The number of hydrogen-bond acceptors (Lipinski definition) is 4. The van der Waals surface area contributed by atoms with E-state index in [1.54, 1.807) is 4.90 Å². The SMILES string of the molecule is Cc1ccccc1N1C[C@H](C(=O)N(CC#N)CC#N)CC1=O. The van der Waals surface area contributed by atoms with Crippen LogP contribution in [0.5, 0.6) is 0 Å². The van der Waals surface area contributed by atoms with Crippen LogP contribution in [0.2, 0.25) is 0 Å². The number of amides is 2. The van der Waals surface area contributed by atoms with Crippen molar-refractivity contribution < 1.29 is 9.59 Å². The van der Waals surface area contributed by atoms with E-state index in [1.165, 1.54) is 4.90 Å². The van der Waals surface area contributed by atoms with Crippen LogP contribution in [-0.2, 0) is 9.59 Å². The Labute approximate surface area is 129 Å². The van der Waals surface area contributed by atoms with Gasteiger partial charge in [0.1, 0.15) is 13.1 Å². The number of nitrogens with zero attached hydrogens (tertiary/aromatic N) is 4. The minimum Gasteiger partial charge on any atom is -0.316 e. The van der Waals surface area contributed by atoms with Gasteiger partial charge in [0.2, 0.25) is 11.8 Å². The van der Waals surface area contributed by atoms with E-state index in [2.05, 4.69) is 0 Å². The molecule has 0 bridgehead atoms. The zero-order valence-corrected chi connectivity index (χ0v) is 12.3. The van der Waals surface area contributed by atoms with Crippen LogP contribution in [0.3, 0.4) is 0 Å². The van der Waals surface area contributed by atoms with Gasteiger partial charge in [-0.2, -0.15) is 10.5 Å². The van der Waals surface area contributed by atoms with Crippen LogP contribution in [0.4, 0.5) is 5.69 Å². The van der Waals surface area contributed by atoms with Crippen LogP contribution in [0.25, 0.3) is 0 Å². The fourth-order valence-corrected chi connectivity index (χ4v) is 2.61. The molecule has 0 saturated carbocycles. The van der Waals surface area contributed by atoms with Gasteiger partial charge in [-0.05, 0) is 18.6 Å². The van der Waals surface area contributed by atoms with Gasteiger partial charge in [0.25, 0.3) is 0 Å². The summed E-state index contributed by atoms with van der Waals surface area (Å²) in [6.45, 7) is 1.92. The Morgan fingerprint density at radius 2 is 1.95 bits per heavy atom. The third-order valence-corrected chi connectivity index (χ3v) is 3.72. The molecule has 6 nitrogen and oxygen atoms in total. The monoisotopic (exact) mass is 296 g/mol. The highest BCUT2D eigenvalue weighted by molar-refractivity contribution is 6.00. The molecule has 0 aliphatic carbocycles. The van der Waals surface area contributed by atoms with Crippen molar-refractivity contribution in [1.29, 1.82) is 10.5 Å². The Kier molecular flexibility index (Phi) is 4.75. The topological polar surface area (TPSA) is 88.2 Å². The number of nitriles is 2. The van der Waals surface area contributed by atoms with Gasteiger partial charge in [0.05, 0.1) is 18.1 Å². The van der Waals surface area contributed by atoms with Crippen molar-refractivity contribution in [3.05, 3.63) is 29.8 Å². The predicted molar refractivity (Wildman–Crippen MR) is 79.4 cm³/mol. The van der Waals surface area contributed by atoms with Gasteiger partial charge in [0, 0.05) is 18.7 Å². The van der Waals surface area contributed by atoms with Crippen molar-refractivity contribution in [2.45, 2.75) is 13.3 Å². The minimum absolute atomic E-state index is 0.110. The van der Waals surface area contributed by atoms with E-state index in [0.717, 1.165) is 11.3 Å². The summed E-state index contributed by atoms with van der Waals surface area (Å²) in [7, 11) is 0. The Balaban J connectivity index is 2.15. The average Bonchev–Trinajstić information content (AvgIpc) is 2.88. The Morgan fingerprint density at radius 3 is 2.55 bits per heavy atom. The first-order valence-electron chi connectivity index (χ1n) is 6.97. The van der Waals surface area contributed by atoms with Crippen LogP contribution in [0, 0.1) is 35.5 Å². The van der Waals surface area contributed by atoms with Crippen LogP contribution < -0.4 is 4.90 Å². The van der Waals surface area contributed by atoms with Crippen molar-refractivity contribution in [3.63, 3.8) is 0 Å². The molecule has 22 heavy (non-hydrogen) atoms. The Morgan fingerprint density at radius 1 is 1.32 bits per heavy atom. The quantitative estimate of drug-likeness (QED) is 0.782. The molecule has 0 N–H and O–H groups in total. The van der Waals surface area contributed by atoms with Crippen molar-refractivity contribution in [2.24, 2.45) is 5.92 Å². The number of benzene rings is 1. The molecule has 1 fully saturated rings. The van der Waals surface area contributed by atoms with Gasteiger partial charge in [-0.25, -0.2) is 0 Å². The molecule has 112 valence electrons. The second-order valence-electron chi connectivity index (χ2n) is 5.20. The van der Waals surface area contributed by atoms with Gasteiger partial charge in [-0.15, -0.1) is 0 Å². The Bertz CT molecular complexity index is 655. The molecule has 0 unspecified atom stereocenters. The Hall–Kier alpha value is -2.86. The zero-order chi connectivity index (χ0) is 16.1. The van der Waals surface area contributed by atoms with E-state index < -0.39 is 5.92 Å². The number of rotatable bonds is 4. The van der Waals surface area contributed by atoms with Gasteiger partial charge < -0.3 is 9.80 Å². The van der Waals surface area contributed by atoms with Crippen molar-refractivity contribution in [2.75, 3.05) is 24.5 Å². The molecule has 1 aromatic carbocycles. The maximum absolute atomic E-state index is 12.4. The summed E-state index contributed by atoms with van der Waals surface area (Å²) in [6, 6.07) is 11.3. The molecular formula is C16H16N4O2. The number of carbonyl (C=O) groups excluding carboxylic acids is 2. The van der Waals surface area contributed by atoms with Gasteiger partial charge in [-0.1, -0.05) is 18.2 Å². The molecular weight excluding hydrogens is 280 g/mol. The summed E-state index contributed by atoms with van der Waals surface area (Å²) in [5, 5.41) is 17.5. The molecule has 1 aromatic rings. The summed E-state index contributed by atoms with van der Waals surface area (Å²) in [6.07, 6.45) is 0.112. The van der Waals surface area contributed by atoms with Crippen LogP contribution in [0.1, 0.15) is 12.0 Å². The molecule has 1 aliphatic heterocycles. The normalized spacial score (nSPS) is 17.0. The van der Waals surface area contributed by atoms with E-state index >= 15 is 0 Å². The standard InChI is InChI=1S/C16H16N4O2/c1-12-4-2-3-5-14(12)20-11-13(10-15(20)21)16(22)19(8-6-17)9-7-18/h2-5,13H,8-11H2,1H3/t13-/m1/s1. The molecule has 2 amide bonds. The lowest BCUT2D eigenvalue weighted by atomic mass is 10.1. The maximum Gasteiger partial charge on any atom is 0.229 e. The second-order valence-corrected chi connectivity index (χ2v) is 5.20. The summed E-state index contributed by atoms with van der Waals surface area (Å²) in [5.41, 5.74) is 1.77. The summed E-state index contributed by atoms with van der Waals surface area (Å²) < 4.78 is 0. The number of hydrogen-bond donors (Lipinski definition) is 0. The highest BCUT2D eigenvalue weighted by atomic mass is 16.2. The smallest absolute Gasteiger partial charge is 0.229 e. The number of anilines is 1. The van der Waals surface area contributed by atoms with Crippen molar-refractivity contribution >= 4 is 17.5 Å². The first-order chi connectivity index (χ1) is 10.6. The second kappa shape index (κ2) is 6.73. The highest BCUT2D eigenvalue weighted by Crippen LogP contribution is 2.28. The molecule has 0 radical (unpaired) electrons. The third-order valence-electron chi connectivity index (χ3n) is 3.72. The first kappa shape index (κ1) is 15.5. The molecule has 0 spiro atoms. The largest absolute Gasteiger partial charge is 0.316 e. The zero-order valence-electron chi connectivity index (χ0n) is 12.3. The predicted octanol–water partition coefficient (Wildman–Crippen LogP) is 1.22. The molecule has 6 heteroatoms. The summed E-state index contributed by atoms with van der Waals surface area (Å²) in [5.74, 6) is -0.928. The molecule has 1 saturated heterocycles. The molecule has 1 atom stereocenters. The minimum atomic E-state index is -0.506. The molecule has 0 aromatic heterocycles. The summed E-state index contributed by atoms with van der Waals surface area (Å²) >= 11 is 0. The number of carbonyl (C=O) groups is 2. The average molecular weight is 296 g/mol. The van der Waals surface area contributed by atoms with E-state index in [1.807, 2.05) is 43.3 Å².